The molecule has 6 nitrogen and oxygen atoms in total. The fraction of sp³-hybridized carbons (Fsp3) is 0.304. The van der Waals surface area contributed by atoms with Crippen LogP contribution >= 0.6 is 11.3 Å². The first kappa shape index (κ1) is 18.9. The number of rotatable bonds is 5. The van der Waals surface area contributed by atoms with E-state index in [1.807, 2.05) is 47.5 Å². The monoisotopic (exact) mass is 421 g/mol. The Morgan fingerprint density at radius 3 is 2.90 bits per heavy atom. The number of piperidine rings is 1. The number of thiazole rings is 1. The zero-order valence-electron chi connectivity index (χ0n) is 16.8. The molecule has 1 N–H and O–H groups in total. The Labute approximate surface area is 178 Å². The van der Waals surface area contributed by atoms with Gasteiger partial charge in [0.15, 0.2) is 0 Å². The molecule has 0 atom stereocenters. The van der Waals surface area contributed by atoms with Gasteiger partial charge in [0.25, 0.3) is 5.19 Å². The zero-order valence-corrected chi connectivity index (χ0v) is 17.6. The van der Waals surface area contributed by atoms with Crippen molar-refractivity contribution in [2.75, 3.05) is 20.2 Å². The Morgan fingerprint density at radius 1 is 1.23 bits per heavy atom. The van der Waals surface area contributed by atoms with Crippen molar-refractivity contribution in [3.05, 3.63) is 54.2 Å². The van der Waals surface area contributed by atoms with Crippen LogP contribution in [0.2, 0.25) is 0 Å². The molecule has 2 aromatic heterocycles. The Balaban J connectivity index is 1.18. The third kappa shape index (κ3) is 3.73. The minimum atomic E-state index is 0.0876. The largest absolute Gasteiger partial charge is 0.497 e. The van der Waals surface area contributed by atoms with Crippen molar-refractivity contribution in [2.24, 2.45) is 0 Å². The number of aromatic amines is 1. The van der Waals surface area contributed by atoms with Gasteiger partial charge in [-0.3, -0.25) is 4.79 Å². The van der Waals surface area contributed by atoms with E-state index in [0.717, 1.165) is 45.3 Å². The molecule has 1 aliphatic heterocycles. The zero-order chi connectivity index (χ0) is 20.5. The summed E-state index contributed by atoms with van der Waals surface area (Å²) in [6.07, 6.45) is 4.10. The molecule has 5 rings (SSSR count). The first-order valence-electron chi connectivity index (χ1n) is 10.1. The SMILES string of the molecule is COc1ccc2nc(OC3CCN(C(=O)Cc4c[nH]c5ccccc45)CC3)sc2c1. The molecule has 4 aromatic rings. The second-order valence-electron chi connectivity index (χ2n) is 7.55. The van der Waals surface area contributed by atoms with Crippen molar-refractivity contribution in [2.45, 2.75) is 25.4 Å². The number of ether oxygens (including phenoxy) is 2. The number of benzene rings is 2. The highest BCUT2D eigenvalue weighted by Crippen LogP contribution is 2.32. The molecule has 1 fully saturated rings. The highest BCUT2D eigenvalue weighted by atomic mass is 32.1. The van der Waals surface area contributed by atoms with Crippen molar-refractivity contribution in [1.82, 2.24) is 14.9 Å². The first-order chi connectivity index (χ1) is 14.7. The van der Waals surface area contributed by atoms with E-state index in [4.69, 9.17) is 9.47 Å². The smallest absolute Gasteiger partial charge is 0.274 e. The second kappa shape index (κ2) is 7.99. The van der Waals surface area contributed by atoms with Crippen molar-refractivity contribution in [3.8, 4) is 10.9 Å². The molecule has 30 heavy (non-hydrogen) atoms. The molecule has 0 unspecified atom stereocenters. The average Bonchev–Trinajstić information content (AvgIpc) is 3.37. The molecule has 0 bridgehead atoms. The van der Waals surface area contributed by atoms with E-state index in [-0.39, 0.29) is 12.0 Å². The van der Waals surface area contributed by atoms with Crippen LogP contribution in [0.5, 0.6) is 10.9 Å². The van der Waals surface area contributed by atoms with E-state index in [2.05, 4.69) is 16.0 Å². The summed E-state index contributed by atoms with van der Waals surface area (Å²) in [4.78, 5) is 22.6. The van der Waals surface area contributed by atoms with Gasteiger partial charge in [0, 0.05) is 43.0 Å². The summed E-state index contributed by atoms with van der Waals surface area (Å²) >= 11 is 1.53. The van der Waals surface area contributed by atoms with Crippen LogP contribution in [0.15, 0.2) is 48.7 Å². The Bertz CT molecular complexity index is 1190. The average molecular weight is 422 g/mol. The number of aromatic nitrogens is 2. The number of amides is 1. The molecular formula is C23H23N3O3S. The van der Waals surface area contributed by atoms with Crippen LogP contribution < -0.4 is 9.47 Å². The molecule has 0 saturated carbocycles. The van der Waals surface area contributed by atoms with Gasteiger partial charge in [0.1, 0.15) is 11.9 Å². The summed E-state index contributed by atoms with van der Waals surface area (Å²) in [5.74, 6) is 0.991. The molecule has 1 amide bonds. The van der Waals surface area contributed by atoms with Crippen LogP contribution in [-0.4, -0.2) is 47.1 Å². The van der Waals surface area contributed by atoms with Gasteiger partial charge in [0.2, 0.25) is 5.91 Å². The van der Waals surface area contributed by atoms with E-state index in [0.29, 0.717) is 24.7 Å². The number of fused-ring (bicyclic) bond motifs is 2. The summed E-state index contributed by atoms with van der Waals surface area (Å²) in [6.45, 7) is 1.43. The molecule has 7 heteroatoms. The first-order valence-corrected chi connectivity index (χ1v) is 11.0. The van der Waals surface area contributed by atoms with Gasteiger partial charge in [-0.25, -0.2) is 4.98 Å². The molecule has 1 saturated heterocycles. The Morgan fingerprint density at radius 2 is 2.07 bits per heavy atom. The maximum Gasteiger partial charge on any atom is 0.274 e. The van der Waals surface area contributed by atoms with E-state index in [1.54, 1.807) is 7.11 Å². The molecule has 154 valence electrons. The van der Waals surface area contributed by atoms with Gasteiger partial charge in [-0.1, -0.05) is 29.5 Å². The molecule has 1 aliphatic rings. The van der Waals surface area contributed by atoms with Crippen LogP contribution in [-0.2, 0) is 11.2 Å². The maximum absolute atomic E-state index is 12.8. The third-order valence-corrected chi connectivity index (χ3v) is 6.56. The number of likely N-dealkylation sites (tertiary alicyclic amines) is 1. The van der Waals surface area contributed by atoms with Gasteiger partial charge in [0.05, 0.1) is 23.7 Å². The highest BCUT2D eigenvalue weighted by Gasteiger charge is 2.25. The number of carbonyl (C=O) groups excluding carboxylic acids is 1. The number of hydrogen-bond acceptors (Lipinski definition) is 5. The standard InChI is InChI=1S/C23H23N3O3S/c1-28-17-6-7-20-21(13-17)30-23(25-20)29-16-8-10-26(11-9-16)22(27)12-15-14-24-19-5-3-2-4-18(15)19/h2-7,13-14,16,24H,8-12H2,1H3. The highest BCUT2D eigenvalue weighted by molar-refractivity contribution is 7.20. The van der Waals surface area contributed by atoms with Crippen LogP contribution in [0.4, 0.5) is 0 Å². The van der Waals surface area contributed by atoms with Crippen LogP contribution in [0.25, 0.3) is 21.1 Å². The lowest BCUT2D eigenvalue weighted by Gasteiger charge is -2.31. The topological polar surface area (TPSA) is 67.5 Å². The van der Waals surface area contributed by atoms with Gasteiger partial charge in [-0.2, -0.15) is 0 Å². The van der Waals surface area contributed by atoms with Crippen LogP contribution in [0.3, 0.4) is 0 Å². The van der Waals surface area contributed by atoms with Gasteiger partial charge < -0.3 is 19.4 Å². The lowest BCUT2D eigenvalue weighted by molar-refractivity contribution is -0.132. The van der Waals surface area contributed by atoms with Gasteiger partial charge in [-0.05, 0) is 29.8 Å². The molecule has 0 aliphatic carbocycles. The number of carbonyl (C=O) groups is 1. The van der Waals surface area contributed by atoms with E-state index < -0.39 is 0 Å². The predicted octanol–water partition coefficient (Wildman–Crippen LogP) is 4.40. The summed E-state index contributed by atoms with van der Waals surface area (Å²) in [5.41, 5.74) is 3.04. The number of methoxy groups -OCH3 is 1. The molecule has 0 spiro atoms. The molecule has 0 radical (unpaired) electrons. The molecular weight excluding hydrogens is 398 g/mol. The summed E-state index contributed by atoms with van der Waals surface area (Å²) in [7, 11) is 1.66. The minimum absolute atomic E-state index is 0.0876. The van der Waals surface area contributed by atoms with Crippen molar-refractivity contribution < 1.29 is 14.3 Å². The lowest BCUT2D eigenvalue weighted by Crippen LogP contribution is -2.42. The molecule has 3 heterocycles. The summed E-state index contributed by atoms with van der Waals surface area (Å²) in [5, 5.41) is 1.80. The normalized spacial score (nSPS) is 15.0. The second-order valence-corrected chi connectivity index (χ2v) is 8.54. The summed E-state index contributed by atoms with van der Waals surface area (Å²) in [6, 6.07) is 13.9. The number of nitrogens with zero attached hydrogens (tertiary/aromatic N) is 2. The van der Waals surface area contributed by atoms with Crippen molar-refractivity contribution in [1.29, 1.82) is 0 Å². The van der Waals surface area contributed by atoms with Crippen molar-refractivity contribution in [3.63, 3.8) is 0 Å². The lowest BCUT2D eigenvalue weighted by atomic mass is 10.1. The van der Waals surface area contributed by atoms with Gasteiger partial charge >= 0.3 is 0 Å². The fourth-order valence-corrected chi connectivity index (χ4v) is 4.89. The Hall–Kier alpha value is -3.06. The number of nitrogens with one attached hydrogen (secondary N) is 1. The molecule has 2 aromatic carbocycles. The number of H-pyrrole nitrogens is 1. The van der Waals surface area contributed by atoms with Crippen molar-refractivity contribution >= 4 is 38.4 Å². The minimum Gasteiger partial charge on any atom is -0.497 e. The predicted molar refractivity (Wildman–Crippen MR) is 118 cm³/mol. The third-order valence-electron chi connectivity index (χ3n) is 5.65. The Kier molecular flexibility index (Phi) is 5.04. The number of hydrogen-bond donors (Lipinski definition) is 1. The maximum atomic E-state index is 12.8. The fourth-order valence-electron chi connectivity index (χ4n) is 3.98. The van der Waals surface area contributed by atoms with Crippen LogP contribution in [0.1, 0.15) is 18.4 Å². The summed E-state index contributed by atoms with van der Waals surface area (Å²) < 4.78 is 12.5. The quantitative estimate of drug-likeness (QED) is 0.519. The van der Waals surface area contributed by atoms with Crippen LogP contribution in [0, 0.1) is 0 Å². The number of para-hydroxylation sites is 1. The van der Waals surface area contributed by atoms with E-state index in [9.17, 15) is 4.79 Å². The van der Waals surface area contributed by atoms with Gasteiger partial charge in [-0.15, -0.1) is 0 Å². The van der Waals surface area contributed by atoms with E-state index >= 15 is 0 Å². The van der Waals surface area contributed by atoms with E-state index in [1.165, 1.54) is 11.3 Å².